The summed E-state index contributed by atoms with van der Waals surface area (Å²) in [6.07, 6.45) is 3.11. The van der Waals surface area contributed by atoms with Crippen molar-refractivity contribution in [2.75, 3.05) is 6.61 Å². The lowest BCUT2D eigenvalue weighted by Gasteiger charge is -2.30. The normalized spacial score (nSPS) is 17.3. The maximum Gasteiger partial charge on any atom is 0.269 e. The van der Waals surface area contributed by atoms with Gasteiger partial charge in [0.15, 0.2) is 5.69 Å². The summed E-state index contributed by atoms with van der Waals surface area (Å²) in [5.41, 5.74) is 8.06. The van der Waals surface area contributed by atoms with Crippen molar-refractivity contribution in [3.8, 4) is 0 Å². The zero-order chi connectivity index (χ0) is 16.5. The second kappa shape index (κ2) is 6.16. The van der Waals surface area contributed by atoms with Gasteiger partial charge < -0.3 is 10.5 Å². The van der Waals surface area contributed by atoms with E-state index in [1.54, 1.807) is 0 Å². The Morgan fingerprint density at radius 3 is 2.68 bits per heavy atom. The molecule has 1 aliphatic carbocycles. The van der Waals surface area contributed by atoms with E-state index < -0.39 is 14.0 Å². The molecule has 1 amide bonds. The first-order chi connectivity index (χ1) is 10.1. The smallest absolute Gasteiger partial charge is 0.269 e. The van der Waals surface area contributed by atoms with E-state index in [9.17, 15) is 4.79 Å². The van der Waals surface area contributed by atoms with Gasteiger partial charge in [0.1, 0.15) is 6.73 Å². The summed E-state index contributed by atoms with van der Waals surface area (Å²) in [5.74, 6) is -0.438. The zero-order valence-corrected chi connectivity index (χ0v) is 15.5. The van der Waals surface area contributed by atoms with Gasteiger partial charge in [-0.05, 0) is 30.7 Å². The minimum Gasteiger partial charge on any atom is -0.364 e. The number of rotatable bonds is 6. The van der Waals surface area contributed by atoms with E-state index in [4.69, 9.17) is 10.5 Å². The van der Waals surface area contributed by atoms with Gasteiger partial charge in [0, 0.05) is 25.9 Å². The number of fused-ring (bicyclic) bond motifs is 1. The van der Waals surface area contributed by atoms with Crippen molar-refractivity contribution in [3.05, 3.63) is 17.0 Å². The summed E-state index contributed by atoms with van der Waals surface area (Å²) in [7, 11) is -1.09. The van der Waals surface area contributed by atoms with Crippen molar-refractivity contribution >= 4 is 14.0 Å². The third kappa shape index (κ3) is 3.79. The number of amides is 1. The quantitative estimate of drug-likeness (QED) is 0.646. The van der Waals surface area contributed by atoms with E-state index in [-0.39, 0.29) is 5.41 Å². The molecule has 1 heterocycles. The summed E-state index contributed by atoms with van der Waals surface area (Å²) >= 11 is 0. The molecule has 2 N–H and O–H groups in total. The van der Waals surface area contributed by atoms with Gasteiger partial charge in [0.05, 0.1) is 0 Å². The Kier molecular flexibility index (Phi) is 4.82. The number of carbonyl (C=O) groups is 1. The zero-order valence-electron chi connectivity index (χ0n) is 14.5. The standard InChI is InChI=1S/C16H29N3O2Si/c1-16(2)8-6-7-12-13(16)14(15(17)20)18-19(12)11-21-9-10-22(3,4)5/h6-11H2,1-5H3,(H2,17,20). The van der Waals surface area contributed by atoms with Crippen molar-refractivity contribution in [3.63, 3.8) is 0 Å². The lowest BCUT2D eigenvalue weighted by molar-refractivity contribution is 0.0754. The van der Waals surface area contributed by atoms with Crippen LogP contribution in [0.4, 0.5) is 0 Å². The van der Waals surface area contributed by atoms with E-state index in [2.05, 4.69) is 38.6 Å². The topological polar surface area (TPSA) is 70.1 Å². The van der Waals surface area contributed by atoms with Gasteiger partial charge >= 0.3 is 0 Å². The Balaban J connectivity index is 2.18. The fourth-order valence-electron chi connectivity index (χ4n) is 3.09. The van der Waals surface area contributed by atoms with Crippen LogP contribution in [0.5, 0.6) is 0 Å². The molecule has 22 heavy (non-hydrogen) atoms. The first kappa shape index (κ1) is 17.2. The van der Waals surface area contributed by atoms with Crippen LogP contribution in [0.15, 0.2) is 0 Å². The molecule has 2 rings (SSSR count). The van der Waals surface area contributed by atoms with Gasteiger partial charge in [-0.15, -0.1) is 0 Å². The molecule has 0 unspecified atom stereocenters. The Hall–Kier alpha value is -1.14. The molecule has 0 fully saturated rings. The Bertz CT molecular complexity index is 558. The number of hydrogen-bond donors (Lipinski definition) is 1. The van der Waals surface area contributed by atoms with Crippen molar-refractivity contribution < 1.29 is 9.53 Å². The average molecular weight is 324 g/mol. The van der Waals surface area contributed by atoms with Crippen molar-refractivity contribution in [1.82, 2.24) is 9.78 Å². The van der Waals surface area contributed by atoms with Crippen LogP contribution in [0.25, 0.3) is 0 Å². The number of nitrogens with zero attached hydrogens (tertiary/aromatic N) is 2. The number of ether oxygens (including phenoxy) is 1. The summed E-state index contributed by atoms with van der Waals surface area (Å²) in [5, 5.41) is 4.45. The molecule has 0 radical (unpaired) electrons. The summed E-state index contributed by atoms with van der Waals surface area (Å²) in [6.45, 7) is 12.5. The largest absolute Gasteiger partial charge is 0.364 e. The molecular formula is C16H29N3O2Si. The molecule has 6 heteroatoms. The molecule has 0 aromatic carbocycles. The summed E-state index contributed by atoms with van der Waals surface area (Å²) in [6, 6.07) is 1.13. The predicted octanol–water partition coefficient (Wildman–Crippen LogP) is 2.91. The maximum absolute atomic E-state index is 11.7. The molecule has 0 bridgehead atoms. The van der Waals surface area contributed by atoms with Gasteiger partial charge in [-0.1, -0.05) is 33.5 Å². The van der Waals surface area contributed by atoms with Gasteiger partial charge in [-0.2, -0.15) is 5.10 Å². The van der Waals surface area contributed by atoms with Gasteiger partial charge in [0.25, 0.3) is 5.91 Å². The van der Waals surface area contributed by atoms with E-state index >= 15 is 0 Å². The highest BCUT2D eigenvalue weighted by Gasteiger charge is 2.35. The van der Waals surface area contributed by atoms with Gasteiger partial charge in [0.2, 0.25) is 0 Å². The SMILES string of the molecule is CC1(C)CCCc2c1c(C(N)=O)nn2COCC[Si](C)(C)C. The van der Waals surface area contributed by atoms with E-state index in [1.165, 1.54) is 0 Å². The Morgan fingerprint density at radius 2 is 2.09 bits per heavy atom. The van der Waals surface area contributed by atoms with Crippen LogP contribution < -0.4 is 5.73 Å². The van der Waals surface area contributed by atoms with Crippen molar-refractivity contribution in [2.45, 2.75) is 70.9 Å². The van der Waals surface area contributed by atoms with Gasteiger partial charge in [-0.25, -0.2) is 4.68 Å². The third-order valence-corrected chi connectivity index (χ3v) is 6.10. The lowest BCUT2D eigenvalue weighted by atomic mass is 9.74. The van der Waals surface area contributed by atoms with Crippen LogP contribution in [-0.4, -0.2) is 30.4 Å². The highest BCUT2D eigenvalue weighted by atomic mass is 28.3. The average Bonchev–Trinajstić information content (AvgIpc) is 2.74. The molecule has 1 aromatic rings. The van der Waals surface area contributed by atoms with E-state index in [1.807, 2.05) is 4.68 Å². The summed E-state index contributed by atoms with van der Waals surface area (Å²) < 4.78 is 7.65. The molecule has 0 spiro atoms. The lowest BCUT2D eigenvalue weighted by Crippen LogP contribution is -2.27. The Morgan fingerprint density at radius 1 is 1.41 bits per heavy atom. The van der Waals surface area contributed by atoms with Crippen molar-refractivity contribution in [2.24, 2.45) is 5.73 Å². The number of carbonyl (C=O) groups excluding carboxylic acids is 1. The van der Waals surface area contributed by atoms with Crippen LogP contribution in [0.3, 0.4) is 0 Å². The highest BCUT2D eigenvalue weighted by molar-refractivity contribution is 6.76. The van der Waals surface area contributed by atoms with Crippen LogP contribution in [0.2, 0.25) is 25.7 Å². The van der Waals surface area contributed by atoms with Crippen molar-refractivity contribution in [1.29, 1.82) is 0 Å². The molecule has 0 aliphatic heterocycles. The molecular weight excluding hydrogens is 294 g/mol. The molecule has 0 atom stereocenters. The predicted molar refractivity (Wildman–Crippen MR) is 90.8 cm³/mol. The second-order valence-electron chi connectivity index (χ2n) is 8.12. The molecule has 1 aliphatic rings. The van der Waals surface area contributed by atoms with Gasteiger partial charge in [-0.3, -0.25) is 4.79 Å². The molecule has 5 nitrogen and oxygen atoms in total. The number of primary amides is 1. The number of hydrogen-bond acceptors (Lipinski definition) is 3. The van der Waals surface area contributed by atoms with Crippen LogP contribution in [0.1, 0.15) is 48.4 Å². The second-order valence-corrected chi connectivity index (χ2v) is 13.7. The third-order valence-electron chi connectivity index (χ3n) is 4.39. The minimum absolute atomic E-state index is 0.0471. The minimum atomic E-state index is -1.09. The Labute approximate surface area is 134 Å². The van der Waals surface area contributed by atoms with Crippen LogP contribution in [-0.2, 0) is 23.3 Å². The van der Waals surface area contributed by atoms with Crippen LogP contribution >= 0.6 is 0 Å². The van der Waals surface area contributed by atoms with Crippen LogP contribution in [0, 0.1) is 0 Å². The highest BCUT2D eigenvalue weighted by Crippen LogP contribution is 2.38. The summed E-state index contributed by atoms with van der Waals surface area (Å²) in [4.78, 5) is 11.7. The molecule has 124 valence electrons. The number of nitrogens with two attached hydrogens (primary N) is 1. The monoisotopic (exact) mass is 323 g/mol. The first-order valence-corrected chi connectivity index (χ1v) is 11.8. The fourth-order valence-corrected chi connectivity index (χ4v) is 3.85. The van der Waals surface area contributed by atoms with E-state index in [0.29, 0.717) is 12.4 Å². The van der Waals surface area contributed by atoms with E-state index in [0.717, 1.165) is 43.2 Å². The maximum atomic E-state index is 11.7. The molecule has 0 saturated heterocycles. The first-order valence-electron chi connectivity index (χ1n) is 8.09. The molecule has 0 saturated carbocycles. The molecule has 1 aromatic heterocycles. The fraction of sp³-hybridized carbons (Fsp3) is 0.750. The number of aromatic nitrogens is 2.